The molecule has 0 aliphatic carbocycles. The van der Waals surface area contributed by atoms with Gasteiger partial charge >= 0.3 is 0 Å². The van der Waals surface area contributed by atoms with E-state index in [1.165, 1.54) is 0 Å². The summed E-state index contributed by atoms with van der Waals surface area (Å²) >= 11 is 0. The number of aromatic hydroxyl groups is 1. The number of hydrogen-bond donors (Lipinski definition) is 3. The number of aliphatic hydroxyl groups excluding tert-OH is 1. The number of imidazole rings is 1. The van der Waals surface area contributed by atoms with Gasteiger partial charge in [-0.25, -0.2) is 9.50 Å². The van der Waals surface area contributed by atoms with Crippen LogP contribution in [0.2, 0.25) is 0 Å². The van der Waals surface area contributed by atoms with E-state index in [9.17, 15) is 10.2 Å². The summed E-state index contributed by atoms with van der Waals surface area (Å²) in [5.41, 5.74) is 4.03. The van der Waals surface area contributed by atoms with Gasteiger partial charge in [-0.3, -0.25) is 4.98 Å². The SMILES string of the molecule is C[C@H](O)Cc1ccnc(-c2cnc3ccc(N[C@H](C)c4ccccc4O)nn23)c1. The monoisotopic (exact) mass is 389 g/mol. The fourth-order valence-electron chi connectivity index (χ4n) is 3.36. The van der Waals surface area contributed by atoms with Gasteiger partial charge in [0.2, 0.25) is 0 Å². The molecule has 4 rings (SSSR count). The van der Waals surface area contributed by atoms with Crippen LogP contribution in [0.15, 0.2) is 60.9 Å². The molecule has 0 unspecified atom stereocenters. The summed E-state index contributed by atoms with van der Waals surface area (Å²) in [4.78, 5) is 8.87. The Hall–Kier alpha value is -3.45. The maximum Gasteiger partial charge on any atom is 0.154 e. The quantitative estimate of drug-likeness (QED) is 0.466. The first kappa shape index (κ1) is 18.9. The first-order valence-electron chi connectivity index (χ1n) is 9.54. The normalized spacial score (nSPS) is 13.3. The Kier molecular flexibility index (Phi) is 5.14. The van der Waals surface area contributed by atoms with Gasteiger partial charge in [-0.05, 0) is 56.2 Å². The molecule has 0 aliphatic heterocycles. The average molecular weight is 389 g/mol. The van der Waals surface area contributed by atoms with Gasteiger partial charge in [-0.15, -0.1) is 5.10 Å². The summed E-state index contributed by atoms with van der Waals surface area (Å²) in [6.07, 6.45) is 3.61. The number of anilines is 1. The lowest BCUT2D eigenvalue weighted by molar-refractivity contribution is 0.195. The minimum Gasteiger partial charge on any atom is -0.508 e. The van der Waals surface area contributed by atoms with Gasteiger partial charge in [-0.2, -0.15) is 0 Å². The number of nitrogens with one attached hydrogen (secondary N) is 1. The summed E-state index contributed by atoms with van der Waals surface area (Å²) in [6, 6.07) is 14.7. The number of rotatable bonds is 6. The van der Waals surface area contributed by atoms with Crippen molar-refractivity contribution in [3.05, 3.63) is 72.1 Å². The molecule has 4 aromatic rings. The Morgan fingerprint density at radius 3 is 2.69 bits per heavy atom. The largest absolute Gasteiger partial charge is 0.508 e. The lowest BCUT2D eigenvalue weighted by atomic mass is 10.1. The molecule has 0 radical (unpaired) electrons. The molecular formula is C22H23N5O2. The molecule has 3 N–H and O–H groups in total. The van der Waals surface area contributed by atoms with Crippen LogP contribution < -0.4 is 5.32 Å². The van der Waals surface area contributed by atoms with Crippen LogP contribution in [0.3, 0.4) is 0 Å². The van der Waals surface area contributed by atoms with E-state index >= 15 is 0 Å². The van der Waals surface area contributed by atoms with Crippen LogP contribution in [0.4, 0.5) is 5.82 Å². The maximum atomic E-state index is 10.1. The van der Waals surface area contributed by atoms with Crippen molar-refractivity contribution in [2.75, 3.05) is 5.32 Å². The molecule has 29 heavy (non-hydrogen) atoms. The zero-order chi connectivity index (χ0) is 20.4. The van der Waals surface area contributed by atoms with Crippen LogP contribution in [-0.4, -0.2) is 35.9 Å². The second kappa shape index (κ2) is 7.89. The molecule has 0 saturated heterocycles. The lowest BCUT2D eigenvalue weighted by Gasteiger charge is -2.16. The number of phenols is 1. The van der Waals surface area contributed by atoms with Crippen LogP contribution in [-0.2, 0) is 6.42 Å². The number of fused-ring (bicyclic) bond motifs is 1. The number of aromatic nitrogens is 4. The highest BCUT2D eigenvalue weighted by Gasteiger charge is 2.13. The molecule has 0 amide bonds. The van der Waals surface area contributed by atoms with Crippen molar-refractivity contribution in [2.24, 2.45) is 0 Å². The number of aliphatic hydroxyl groups is 1. The Morgan fingerprint density at radius 1 is 1.07 bits per heavy atom. The Morgan fingerprint density at radius 2 is 1.90 bits per heavy atom. The van der Waals surface area contributed by atoms with Crippen molar-refractivity contribution in [1.82, 2.24) is 19.6 Å². The Bertz CT molecular complexity index is 1140. The first-order valence-corrected chi connectivity index (χ1v) is 9.54. The van der Waals surface area contributed by atoms with E-state index < -0.39 is 6.10 Å². The highest BCUT2D eigenvalue weighted by Crippen LogP contribution is 2.26. The minimum absolute atomic E-state index is 0.124. The summed E-state index contributed by atoms with van der Waals surface area (Å²) in [5.74, 6) is 0.906. The molecule has 2 atom stereocenters. The number of phenolic OH excluding ortho intramolecular Hbond substituents is 1. The van der Waals surface area contributed by atoms with Crippen molar-refractivity contribution in [1.29, 1.82) is 0 Å². The van der Waals surface area contributed by atoms with Crippen molar-refractivity contribution >= 4 is 11.5 Å². The third-order valence-electron chi connectivity index (χ3n) is 4.75. The average Bonchev–Trinajstić information content (AvgIpc) is 3.11. The van der Waals surface area contributed by atoms with E-state index in [1.54, 1.807) is 36.0 Å². The smallest absolute Gasteiger partial charge is 0.154 e. The molecule has 0 spiro atoms. The van der Waals surface area contributed by atoms with Gasteiger partial charge < -0.3 is 15.5 Å². The van der Waals surface area contributed by atoms with Crippen molar-refractivity contribution < 1.29 is 10.2 Å². The molecule has 0 aliphatic rings. The van der Waals surface area contributed by atoms with Crippen molar-refractivity contribution in [3.63, 3.8) is 0 Å². The second-order valence-electron chi connectivity index (χ2n) is 7.16. The predicted molar refractivity (Wildman–Crippen MR) is 112 cm³/mol. The van der Waals surface area contributed by atoms with Crippen LogP contribution in [0, 0.1) is 0 Å². The van der Waals surface area contributed by atoms with Crippen LogP contribution in [0.1, 0.15) is 31.0 Å². The molecule has 1 aromatic carbocycles. The van der Waals surface area contributed by atoms with E-state index in [0.717, 1.165) is 22.5 Å². The van der Waals surface area contributed by atoms with E-state index in [-0.39, 0.29) is 11.8 Å². The number of benzene rings is 1. The summed E-state index contributed by atoms with van der Waals surface area (Å²) in [6.45, 7) is 3.73. The highest BCUT2D eigenvalue weighted by molar-refractivity contribution is 5.61. The first-order chi connectivity index (χ1) is 14.0. The fourth-order valence-corrected chi connectivity index (χ4v) is 3.36. The third kappa shape index (κ3) is 4.05. The zero-order valence-corrected chi connectivity index (χ0v) is 16.3. The predicted octanol–water partition coefficient (Wildman–Crippen LogP) is 3.59. The summed E-state index contributed by atoms with van der Waals surface area (Å²) in [7, 11) is 0. The standard InChI is InChI=1S/C22H23N5O2/c1-14(28)11-16-9-10-23-18(12-16)19-13-24-22-8-7-21(26-27(19)22)25-15(2)17-5-3-4-6-20(17)29/h3-10,12-15,28-29H,11H2,1-2H3,(H,25,26)/t14-,15+/m0/s1. The molecule has 3 aromatic heterocycles. The van der Waals surface area contributed by atoms with Crippen LogP contribution >= 0.6 is 0 Å². The maximum absolute atomic E-state index is 10.1. The number of hydrogen-bond acceptors (Lipinski definition) is 6. The van der Waals surface area contributed by atoms with Gasteiger partial charge in [0.25, 0.3) is 0 Å². The van der Waals surface area contributed by atoms with Crippen LogP contribution in [0.5, 0.6) is 5.75 Å². The minimum atomic E-state index is -0.419. The second-order valence-corrected chi connectivity index (χ2v) is 7.16. The number of pyridine rings is 1. The Labute approximate surface area is 168 Å². The number of nitrogens with zero attached hydrogens (tertiary/aromatic N) is 4. The molecule has 7 heteroatoms. The zero-order valence-electron chi connectivity index (χ0n) is 16.3. The van der Waals surface area contributed by atoms with Crippen molar-refractivity contribution in [2.45, 2.75) is 32.4 Å². The Balaban J connectivity index is 1.66. The summed E-state index contributed by atoms with van der Waals surface area (Å²) < 4.78 is 1.74. The van der Waals surface area contributed by atoms with Crippen molar-refractivity contribution in [3.8, 4) is 17.1 Å². The molecule has 3 heterocycles. The van der Waals surface area contributed by atoms with E-state index in [2.05, 4.69) is 20.4 Å². The molecule has 148 valence electrons. The topological polar surface area (TPSA) is 95.6 Å². The van der Waals surface area contributed by atoms with Crippen LogP contribution in [0.25, 0.3) is 17.0 Å². The van der Waals surface area contributed by atoms with Gasteiger partial charge in [0.05, 0.1) is 24.0 Å². The fraction of sp³-hybridized carbons (Fsp3) is 0.227. The number of para-hydroxylation sites is 1. The van der Waals surface area contributed by atoms with Gasteiger partial charge in [-0.1, -0.05) is 18.2 Å². The van der Waals surface area contributed by atoms with E-state index in [4.69, 9.17) is 0 Å². The lowest BCUT2D eigenvalue weighted by Crippen LogP contribution is -2.10. The van der Waals surface area contributed by atoms with E-state index in [1.807, 2.05) is 43.3 Å². The van der Waals surface area contributed by atoms with Gasteiger partial charge in [0.1, 0.15) is 17.3 Å². The van der Waals surface area contributed by atoms with Gasteiger partial charge in [0.15, 0.2) is 5.65 Å². The van der Waals surface area contributed by atoms with Gasteiger partial charge in [0, 0.05) is 11.8 Å². The molecule has 0 bridgehead atoms. The molecule has 7 nitrogen and oxygen atoms in total. The summed E-state index contributed by atoms with van der Waals surface area (Å²) in [5, 5.41) is 27.7. The molecule has 0 fully saturated rings. The highest BCUT2D eigenvalue weighted by atomic mass is 16.3. The third-order valence-corrected chi connectivity index (χ3v) is 4.75. The molecule has 0 saturated carbocycles. The molecular weight excluding hydrogens is 366 g/mol. The van der Waals surface area contributed by atoms with E-state index in [0.29, 0.717) is 17.9 Å².